The molecule has 0 bridgehead atoms. The van der Waals surface area contributed by atoms with E-state index in [9.17, 15) is 4.79 Å². The van der Waals surface area contributed by atoms with Crippen LogP contribution in [0.25, 0.3) is 0 Å². The Bertz CT molecular complexity index is 196. The summed E-state index contributed by atoms with van der Waals surface area (Å²) in [6, 6.07) is 9.51. The van der Waals surface area contributed by atoms with Gasteiger partial charge in [-0.3, -0.25) is 4.79 Å². The molecule has 1 amide bonds. The third-order valence-corrected chi connectivity index (χ3v) is 1.10. The van der Waals surface area contributed by atoms with Crippen molar-refractivity contribution in [3.63, 3.8) is 0 Å². The molecule has 0 aliphatic rings. The molecule has 1 aromatic carbocycles. The van der Waals surface area contributed by atoms with Crippen LogP contribution in [0.15, 0.2) is 30.3 Å². The molecule has 10 heavy (non-hydrogen) atoms. The number of amides is 1. The lowest BCUT2D eigenvalue weighted by Gasteiger charge is -1.94. The Morgan fingerprint density at radius 1 is 1.30 bits per heavy atom. The van der Waals surface area contributed by atoms with Gasteiger partial charge in [0.2, 0.25) is 0 Å². The van der Waals surface area contributed by atoms with Crippen molar-refractivity contribution < 1.29 is 4.79 Å². The fraction of sp³-hybridized carbons (Fsp3) is 0. The Balaban J connectivity index is 2.50. The first-order chi connectivity index (χ1) is 4.93. The van der Waals surface area contributed by atoms with Crippen LogP contribution in [0.2, 0.25) is 0 Å². The van der Waals surface area contributed by atoms with Gasteiger partial charge in [0.25, 0.3) is 0 Å². The molecule has 0 saturated heterocycles. The molecule has 0 fully saturated rings. The van der Waals surface area contributed by atoms with Crippen LogP contribution >= 0.6 is 0 Å². The number of rotatable bonds is 3. The molecule has 0 aliphatic carbocycles. The molecule has 1 N–H and O–H groups in total. The Labute approximate surface area is 59.9 Å². The van der Waals surface area contributed by atoms with Crippen LogP contribution in [0.5, 0.6) is 0 Å². The fourth-order valence-electron chi connectivity index (χ4n) is 0.662. The van der Waals surface area contributed by atoms with Crippen molar-refractivity contribution in [2.45, 2.75) is 0 Å². The van der Waals surface area contributed by atoms with Crippen molar-refractivity contribution in [1.29, 1.82) is 0 Å². The van der Waals surface area contributed by atoms with E-state index in [1.165, 1.54) is 0 Å². The smallest absolute Gasteiger partial charge is 0.309 e. The van der Waals surface area contributed by atoms with Gasteiger partial charge in [-0.05, 0) is 5.56 Å². The van der Waals surface area contributed by atoms with E-state index in [1.807, 2.05) is 30.3 Å². The number of hydrogen-bond acceptors (Lipinski definition) is 1. The largest absolute Gasteiger partial charge is 0.339 e. The van der Waals surface area contributed by atoms with Gasteiger partial charge in [-0.2, -0.15) is 0 Å². The molecule has 0 atom stereocenters. The third kappa shape index (κ3) is 1.90. The maximum absolute atomic E-state index is 9.71. The van der Waals surface area contributed by atoms with Crippen LogP contribution in [0, 0.1) is 6.54 Å². The van der Waals surface area contributed by atoms with Crippen LogP contribution in [0.4, 0.5) is 0 Å². The summed E-state index contributed by atoms with van der Waals surface area (Å²) in [7, 11) is 0. The van der Waals surface area contributed by atoms with Gasteiger partial charge in [0.1, 0.15) is 0 Å². The van der Waals surface area contributed by atoms with Gasteiger partial charge in [-0.25, -0.2) is 0 Å². The average molecular weight is 133 g/mol. The Morgan fingerprint density at radius 3 is 2.60 bits per heavy atom. The topological polar surface area (TPSA) is 29.1 Å². The second kappa shape index (κ2) is 3.67. The van der Waals surface area contributed by atoms with E-state index in [-0.39, 0.29) is 0 Å². The summed E-state index contributed by atoms with van der Waals surface area (Å²) in [5.74, 6) is 0. The maximum atomic E-state index is 9.71. The van der Waals surface area contributed by atoms with E-state index in [0.29, 0.717) is 0 Å². The second-order valence-corrected chi connectivity index (χ2v) is 1.80. The molecule has 0 saturated carbocycles. The van der Waals surface area contributed by atoms with Gasteiger partial charge >= 0.3 is 6.41 Å². The van der Waals surface area contributed by atoms with E-state index in [2.05, 4.69) is 5.32 Å². The quantitative estimate of drug-likeness (QED) is 0.608. The molecule has 2 heteroatoms. The van der Waals surface area contributed by atoms with Gasteiger partial charge in [0, 0.05) is 0 Å². The maximum Gasteiger partial charge on any atom is 0.309 e. The molecular formula is C8H7NO. The van der Waals surface area contributed by atoms with Crippen molar-refractivity contribution in [2.24, 2.45) is 0 Å². The standard InChI is InChI=1S/C8H7NO/c10-7-9-6-8-4-2-1-3-5-8/h1-6H,(H,9,10). The molecule has 0 aromatic heterocycles. The van der Waals surface area contributed by atoms with E-state index in [0.717, 1.165) is 5.56 Å². The molecule has 1 aromatic rings. The Morgan fingerprint density at radius 2 is 2.00 bits per heavy atom. The summed E-state index contributed by atoms with van der Waals surface area (Å²) in [6.07, 6.45) is 1.56. The first-order valence-corrected chi connectivity index (χ1v) is 2.94. The number of carbonyl (C=O) groups excluding carboxylic acids is 1. The lowest BCUT2D eigenvalue weighted by Crippen LogP contribution is -2.06. The van der Waals surface area contributed by atoms with Gasteiger partial charge < -0.3 is 5.32 Å². The van der Waals surface area contributed by atoms with Crippen molar-refractivity contribution in [3.8, 4) is 0 Å². The average Bonchev–Trinajstić information content (AvgIpc) is 2.03. The highest BCUT2D eigenvalue weighted by Crippen LogP contribution is 1.97. The van der Waals surface area contributed by atoms with E-state index >= 15 is 0 Å². The van der Waals surface area contributed by atoms with Crippen LogP contribution < -0.4 is 5.32 Å². The number of nitrogens with one attached hydrogen (secondary N) is 1. The van der Waals surface area contributed by atoms with Crippen molar-refractivity contribution >= 4 is 6.41 Å². The Hall–Kier alpha value is -1.31. The monoisotopic (exact) mass is 133 g/mol. The zero-order valence-electron chi connectivity index (χ0n) is 5.37. The minimum atomic E-state index is 0.964. The molecular weight excluding hydrogens is 126 g/mol. The van der Waals surface area contributed by atoms with Gasteiger partial charge in [-0.15, -0.1) is 0 Å². The van der Waals surface area contributed by atoms with E-state index < -0.39 is 0 Å². The summed E-state index contributed by atoms with van der Waals surface area (Å²) in [5.41, 5.74) is 0.964. The van der Waals surface area contributed by atoms with Crippen LogP contribution in [-0.4, -0.2) is 6.41 Å². The van der Waals surface area contributed by atoms with Crippen molar-refractivity contribution in [2.75, 3.05) is 0 Å². The van der Waals surface area contributed by atoms with Crippen LogP contribution in [0.1, 0.15) is 5.56 Å². The highest BCUT2D eigenvalue weighted by molar-refractivity contribution is 5.50. The molecule has 2 radical (unpaired) electrons. The molecule has 0 heterocycles. The summed E-state index contributed by atoms with van der Waals surface area (Å²) in [6.45, 7) is 1.59. The number of benzene rings is 1. The predicted molar refractivity (Wildman–Crippen MR) is 38.7 cm³/mol. The van der Waals surface area contributed by atoms with Crippen LogP contribution in [0.3, 0.4) is 0 Å². The normalized spacial score (nSPS) is 8.80. The summed E-state index contributed by atoms with van der Waals surface area (Å²) in [4.78, 5) is 9.71. The third-order valence-electron chi connectivity index (χ3n) is 1.10. The van der Waals surface area contributed by atoms with Crippen molar-refractivity contribution in [3.05, 3.63) is 42.4 Å². The molecule has 0 aliphatic heterocycles. The summed E-state index contributed by atoms with van der Waals surface area (Å²) < 4.78 is 0. The lowest BCUT2D eigenvalue weighted by molar-refractivity contribution is 0.548. The SMILES string of the molecule is O=[C]N[CH]c1ccccc1. The first-order valence-electron chi connectivity index (χ1n) is 2.94. The van der Waals surface area contributed by atoms with Gasteiger partial charge in [-0.1, -0.05) is 30.3 Å². The molecule has 0 spiro atoms. The zero-order valence-corrected chi connectivity index (χ0v) is 5.37. The van der Waals surface area contributed by atoms with Gasteiger partial charge in [0.05, 0.1) is 6.54 Å². The van der Waals surface area contributed by atoms with Crippen LogP contribution in [-0.2, 0) is 4.79 Å². The Kier molecular flexibility index (Phi) is 2.49. The summed E-state index contributed by atoms with van der Waals surface area (Å²) in [5, 5.41) is 2.33. The molecule has 2 nitrogen and oxygen atoms in total. The molecule has 0 unspecified atom stereocenters. The van der Waals surface area contributed by atoms with Crippen molar-refractivity contribution in [1.82, 2.24) is 5.32 Å². The summed E-state index contributed by atoms with van der Waals surface area (Å²) >= 11 is 0. The van der Waals surface area contributed by atoms with Gasteiger partial charge in [0.15, 0.2) is 0 Å². The molecule has 50 valence electrons. The second-order valence-electron chi connectivity index (χ2n) is 1.80. The minimum Gasteiger partial charge on any atom is -0.339 e. The lowest BCUT2D eigenvalue weighted by atomic mass is 10.2. The molecule has 1 rings (SSSR count). The highest BCUT2D eigenvalue weighted by atomic mass is 16.1. The minimum absolute atomic E-state index is 0.964. The zero-order chi connectivity index (χ0) is 7.23. The van der Waals surface area contributed by atoms with E-state index in [4.69, 9.17) is 0 Å². The first kappa shape index (κ1) is 6.81. The van der Waals surface area contributed by atoms with E-state index in [1.54, 1.807) is 13.0 Å². The fourth-order valence-corrected chi connectivity index (χ4v) is 0.662. The number of hydrogen-bond donors (Lipinski definition) is 1. The highest BCUT2D eigenvalue weighted by Gasteiger charge is 1.87. The predicted octanol–water partition coefficient (Wildman–Crippen LogP) is 0.853.